The average molecular weight is 258 g/mol. The fourth-order valence-electron chi connectivity index (χ4n) is 5.75. The summed E-state index contributed by atoms with van der Waals surface area (Å²) in [5.41, 5.74) is 8.77. The van der Waals surface area contributed by atoms with Crippen molar-refractivity contribution >= 4 is 5.82 Å². The van der Waals surface area contributed by atoms with Crippen LogP contribution in [0.1, 0.15) is 49.4 Å². The molecule has 6 rings (SSSR count). The van der Waals surface area contributed by atoms with Crippen LogP contribution in [0, 0.1) is 23.7 Å². The molecule has 0 aromatic carbocycles. The van der Waals surface area contributed by atoms with E-state index in [1.54, 1.807) is 0 Å². The lowest BCUT2D eigenvalue weighted by molar-refractivity contribution is -0.0345. The summed E-state index contributed by atoms with van der Waals surface area (Å²) in [6, 6.07) is 0.652. The van der Waals surface area contributed by atoms with E-state index in [4.69, 9.17) is 10.8 Å². The Labute approximate surface area is 113 Å². The minimum absolute atomic E-state index is 0.652. The molecule has 4 nitrogen and oxygen atoms in total. The van der Waals surface area contributed by atoms with E-state index in [1.165, 1.54) is 43.4 Å². The molecule has 4 bridgehead atoms. The molecule has 0 amide bonds. The zero-order valence-electron chi connectivity index (χ0n) is 11.3. The highest BCUT2D eigenvalue weighted by Gasteiger charge is 2.50. The number of nitrogens with one attached hydrogen (secondary N) is 1. The van der Waals surface area contributed by atoms with Gasteiger partial charge in [-0.3, -0.25) is 4.68 Å². The van der Waals surface area contributed by atoms with Gasteiger partial charge in [-0.15, -0.1) is 0 Å². The van der Waals surface area contributed by atoms with Crippen LogP contribution in [0.4, 0.5) is 5.82 Å². The Kier molecular flexibility index (Phi) is 2.00. The molecule has 3 N–H and O–H groups in total. The number of fused-ring (bicyclic) bond motifs is 1. The van der Waals surface area contributed by atoms with Crippen molar-refractivity contribution in [1.82, 2.24) is 15.1 Å². The van der Waals surface area contributed by atoms with E-state index in [0.717, 1.165) is 42.6 Å². The highest BCUT2D eigenvalue weighted by Crippen LogP contribution is 2.58. The van der Waals surface area contributed by atoms with Crippen LogP contribution in [0.15, 0.2) is 0 Å². The standard InChI is InChI=1S/C15H22N4/c16-15-12-6-17-7-13(12)19(18-15)14-10-2-8-1-9(4-10)5-11(14)3-8/h8-11,14,17H,1-7H2,(H2,16,18). The van der Waals surface area contributed by atoms with Crippen LogP contribution < -0.4 is 11.1 Å². The number of nitrogens with two attached hydrogens (primary N) is 1. The van der Waals surface area contributed by atoms with Gasteiger partial charge < -0.3 is 11.1 Å². The summed E-state index contributed by atoms with van der Waals surface area (Å²) in [5, 5.41) is 8.16. The minimum atomic E-state index is 0.652. The monoisotopic (exact) mass is 258 g/mol. The second kappa shape index (κ2) is 3.54. The lowest BCUT2D eigenvalue weighted by Gasteiger charge is -2.54. The maximum absolute atomic E-state index is 6.11. The van der Waals surface area contributed by atoms with Crippen LogP contribution in [0.25, 0.3) is 0 Å². The molecule has 0 spiro atoms. The first-order valence-electron chi connectivity index (χ1n) is 7.86. The summed E-state index contributed by atoms with van der Waals surface area (Å²) >= 11 is 0. The van der Waals surface area contributed by atoms with Gasteiger partial charge in [0.2, 0.25) is 0 Å². The van der Waals surface area contributed by atoms with Crippen LogP contribution in [-0.2, 0) is 13.1 Å². The van der Waals surface area contributed by atoms with Crippen molar-refractivity contribution in [2.75, 3.05) is 5.73 Å². The summed E-state index contributed by atoms with van der Waals surface area (Å²) in [7, 11) is 0. The molecule has 4 heteroatoms. The van der Waals surface area contributed by atoms with Gasteiger partial charge in [-0.05, 0) is 55.8 Å². The van der Waals surface area contributed by atoms with E-state index in [-0.39, 0.29) is 0 Å². The van der Waals surface area contributed by atoms with Crippen molar-refractivity contribution in [2.45, 2.75) is 51.2 Å². The first kappa shape index (κ1) is 10.7. The molecule has 0 atom stereocenters. The van der Waals surface area contributed by atoms with E-state index < -0.39 is 0 Å². The number of hydrogen-bond acceptors (Lipinski definition) is 3. The smallest absolute Gasteiger partial charge is 0.150 e. The van der Waals surface area contributed by atoms with Gasteiger partial charge in [0.1, 0.15) is 5.82 Å². The molecule has 0 radical (unpaired) electrons. The summed E-state index contributed by atoms with van der Waals surface area (Å²) in [6.45, 7) is 1.87. The van der Waals surface area contributed by atoms with Gasteiger partial charge in [-0.2, -0.15) is 5.10 Å². The molecule has 2 heterocycles. The van der Waals surface area contributed by atoms with E-state index >= 15 is 0 Å². The molecule has 0 unspecified atom stereocenters. The maximum atomic E-state index is 6.11. The summed E-state index contributed by atoms with van der Waals surface area (Å²) in [4.78, 5) is 0. The van der Waals surface area contributed by atoms with Gasteiger partial charge >= 0.3 is 0 Å². The lowest BCUT2D eigenvalue weighted by Crippen LogP contribution is -2.46. The third-order valence-corrected chi connectivity index (χ3v) is 6.20. The van der Waals surface area contributed by atoms with E-state index in [1.807, 2.05) is 0 Å². The number of anilines is 1. The van der Waals surface area contributed by atoms with Gasteiger partial charge in [0, 0.05) is 18.7 Å². The lowest BCUT2D eigenvalue weighted by atomic mass is 9.54. The molecule has 1 aromatic rings. The van der Waals surface area contributed by atoms with Gasteiger partial charge in [0.15, 0.2) is 0 Å². The van der Waals surface area contributed by atoms with Gasteiger partial charge in [-0.1, -0.05) is 0 Å². The summed E-state index contributed by atoms with van der Waals surface area (Å²) in [6.07, 6.45) is 7.29. The second-order valence-electron chi connectivity index (χ2n) is 7.28. The van der Waals surface area contributed by atoms with Gasteiger partial charge in [-0.25, -0.2) is 0 Å². The molecule has 0 saturated heterocycles. The molecular weight excluding hydrogens is 236 g/mol. The second-order valence-corrected chi connectivity index (χ2v) is 7.28. The third-order valence-electron chi connectivity index (χ3n) is 6.20. The van der Waals surface area contributed by atoms with Crippen molar-refractivity contribution in [2.24, 2.45) is 23.7 Å². The Hall–Kier alpha value is -1.03. The van der Waals surface area contributed by atoms with Crippen LogP contribution in [0.2, 0.25) is 0 Å². The van der Waals surface area contributed by atoms with Crippen molar-refractivity contribution < 1.29 is 0 Å². The Bertz CT molecular complexity index is 504. The number of aromatic nitrogens is 2. The number of hydrogen-bond donors (Lipinski definition) is 2. The molecule has 1 aromatic heterocycles. The maximum Gasteiger partial charge on any atom is 0.150 e. The Balaban J connectivity index is 1.58. The highest BCUT2D eigenvalue weighted by atomic mass is 15.3. The Morgan fingerprint density at radius 2 is 1.68 bits per heavy atom. The normalized spacial score (nSPS) is 42.8. The van der Waals surface area contributed by atoms with Crippen molar-refractivity contribution in [3.05, 3.63) is 11.3 Å². The van der Waals surface area contributed by atoms with Crippen LogP contribution in [0.5, 0.6) is 0 Å². The van der Waals surface area contributed by atoms with Crippen LogP contribution >= 0.6 is 0 Å². The fourth-order valence-corrected chi connectivity index (χ4v) is 5.75. The predicted molar refractivity (Wildman–Crippen MR) is 73.3 cm³/mol. The fraction of sp³-hybridized carbons (Fsp3) is 0.800. The van der Waals surface area contributed by atoms with Crippen LogP contribution in [-0.4, -0.2) is 9.78 Å². The first-order chi connectivity index (χ1) is 9.29. The Morgan fingerprint density at radius 1 is 1.00 bits per heavy atom. The molecule has 4 saturated carbocycles. The van der Waals surface area contributed by atoms with E-state index in [0.29, 0.717) is 6.04 Å². The average Bonchev–Trinajstić information content (AvgIpc) is 2.94. The number of nitrogen functional groups attached to an aromatic ring is 1. The third kappa shape index (κ3) is 1.36. The molecular formula is C15H22N4. The van der Waals surface area contributed by atoms with Gasteiger partial charge in [0.25, 0.3) is 0 Å². The molecule has 102 valence electrons. The van der Waals surface area contributed by atoms with Gasteiger partial charge in [0.05, 0.1) is 11.7 Å². The summed E-state index contributed by atoms with van der Waals surface area (Å²) in [5.74, 6) is 4.57. The number of nitrogens with zero attached hydrogens (tertiary/aromatic N) is 2. The predicted octanol–water partition coefficient (Wildman–Crippen LogP) is 2.07. The summed E-state index contributed by atoms with van der Waals surface area (Å²) < 4.78 is 2.34. The topological polar surface area (TPSA) is 55.9 Å². The van der Waals surface area contributed by atoms with Crippen molar-refractivity contribution in [3.63, 3.8) is 0 Å². The molecule has 5 aliphatic rings. The largest absolute Gasteiger partial charge is 0.382 e. The zero-order valence-corrected chi connectivity index (χ0v) is 11.3. The molecule has 1 aliphatic heterocycles. The molecule has 19 heavy (non-hydrogen) atoms. The van der Waals surface area contributed by atoms with E-state index in [9.17, 15) is 0 Å². The molecule has 4 aliphatic carbocycles. The van der Waals surface area contributed by atoms with Crippen molar-refractivity contribution in [3.8, 4) is 0 Å². The van der Waals surface area contributed by atoms with E-state index in [2.05, 4.69) is 10.00 Å². The minimum Gasteiger partial charge on any atom is -0.382 e. The first-order valence-corrected chi connectivity index (χ1v) is 7.86. The quantitative estimate of drug-likeness (QED) is 0.810. The Morgan fingerprint density at radius 3 is 2.37 bits per heavy atom. The highest BCUT2D eigenvalue weighted by molar-refractivity contribution is 5.45. The SMILES string of the molecule is Nc1nn(C2C3CC4CC(C3)CC2C4)c2c1CNC2. The number of rotatable bonds is 1. The van der Waals surface area contributed by atoms with Crippen molar-refractivity contribution in [1.29, 1.82) is 0 Å². The zero-order chi connectivity index (χ0) is 12.6. The van der Waals surface area contributed by atoms with Crippen LogP contribution in [0.3, 0.4) is 0 Å². The molecule has 4 fully saturated rings.